The minimum atomic E-state index is 0.304. The second-order valence-corrected chi connectivity index (χ2v) is 7.87. The summed E-state index contributed by atoms with van der Waals surface area (Å²) >= 11 is 2.00. The average Bonchev–Trinajstić information content (AvgIpc) is 2.81. The Morgan fingerprint density at radius 3 is 2.47 bits per heavy atom. The Balaban J connectivity index is 2.26. The fourth-order valence-corrected chi connectivity index (χ4v) is 3.18. The van der Waals surface area contributed by atoms with Crippen LogP contribution in [-0.4, -0.2) is 13.1 Å². The lowest BCUT2D eigenvalue weighted by Gasteiger charge is -2.15. The van der Waals surface area contributed by atoms with Crippen molar-refractivity contribution in [2.24, 2.45) is 5.92 Å². The summed E-state index contributed by atoms with van der Waals surface area (Å²) in [6, 6.07) is 4.64. The lowest BCUT2D eigenvalue weighted by Crippen LogP contribution is -2.18. The standard InChI is InChI=1S/C17H31NS/c1-6-12-18-13-11-14(2)7-8-15-9-10-16(19-15)17(3,4)5/h9-10,14,18H,6-8,11-13H2,1-5H3. The number of aryl methyl sites for hydroxylation is 1. The minimum Gasteiger partial charge on any atom is -0.317 e. The third-order valence-electron chi connectivity index (χ3n) is 3.53. The Kier molecular flexibility index (Phi) is 7.09. The molecule has 0 fully saturated rings. The third kappa shape index (κ3) is 6.58. The minimum absolute atomic E-state index is 0.304. The van der Waals surface area contributed by atoms with Gasteiger partial charge in [-0.25, -0.2) is 0 Å². The maximum absolute atomic E-state index is 3.49. The van der Waals surface area contributed by atoms with E-state index in [1.54, 1.807) is 4.88 Å². The fraction of sp³-hybridized carbons (Fsp3) is 0.765. The predicted octanol–water partition coefficient (Wildman–Crippen LogP) is 5.00. The zero-order valence-electron chi connectivity index (χ0n) is 13.4. The number of rotatable bonds is 8. The summed E-state index contributed by atoms with van der Waals surface area (Å²) in [6.45, 7) is 13.8. The molecule has 19 heavy (non-hydrogen) atoms. The molecule has 0 radical (unpaired) electrons. The van der Waals surface area contributed by atoms with Crippen molar-refractivity contribution in [2.75, 3.05) is 13.1 Å². The fourth-order valence-electron chi connectivity index (χ4n) is 2.10. The summed E-state index contributed by atoms with van der Waals surface area (Å²) in [5.74, 6) is 0.824. The molecule has 1 nitrogen and oxygen atoms in total. The summed E-state index contributed by atoms with van der Waals surface area (Å²) in [6.07, 6.45) is 5.10. The van der Waals surface area contributed by atoms with Gasteiger partial charge in [-0.15, -0.1) is 11.3 Å². The Labute approximate surface area is 123 Å². The molecule has 1 aromatic rings. The summed E-state index contributed by atoms with van der Waals surface area (Å²) in [7, 11) is 0. The lowest BCUT2D eigenvalue weighted by molar-refractivity contribution is 0.471. The van der Waals surface area contributed by atoms with Crippen molar-refractivity contribution in [1.29, 1.82) is 0 Å². The van der Waals surface area contributed by atoms with E-state index >= 15 is 0 Å². The van der Waals surface area contributed by atoms with Gasteiger partial charge in [-0.05, 0) is 62.2 Å². The van der Waals surface area contributed by atoms with Crippen LogP contribution in [0.5, 0.6) is 0 Å². The summed E-state index contributed by atoms with van der Waals surface area (Å²) in [5.41, 5.74) is 0.304. The van der Waals surface area contributed by atoms with Gasteiger partial charge in [0.05, 0.1) is 0 Å². The molecule has 110 valence electrons. The molecule has 0 amide bonds. The van der Waals surface area contributed by atoms with E-state index in [1.165, 1.54) is 37.1 Å². The van der Waals surface area contributed by atoms with Crippen molar-refractivity contribution in [2.45, 2.75) is 65.7 Å². The molecule has 2 heteroatoms. The average molecular weight is 282 g/mol. The largest absolute Gasteiger partial charge is 0.317 e. The van der Waals surface area contributed by atoms with Gasteiger partial charge in [0, 0.05) is 9.75 Å². The summed E-state index contributed by atoms with van der Waals surface area (Å²) in [4.78, 5) is 3.07. The normalized spacial score (nSPS) is 13.7. The van der Waals surface area contributed by atoms with E-state index in [-0.39, 0.29) is 0 Å². The van der Waals surface area contributed by atoms with E-state index < -0.39 is 0 Å². The molecule has 1 rings (SSSR count). The van der Waals surface area contributed by atoms with Gasteiger partial charge in [0.15, 0.2) is 0 Å². The van der Waals surface area contributed by atoms with Gasteiger partial charge in [-0.1, -0.05) is 34.6 Å². The lowest BCUT2D eigenvalue weighted by atomic mass is 9.95. The first kappa shape index (κ1) is 16.7. The molecule has 0 aromatic carbocycles. The molecular weight excluding hydrogens is 250 g/mol. The molecule has 1 N–H and O–H groups in total. The number of thiophene rings is 1. The second kappa shape index (κ2) is 8.06. The highest BCUT2D eigenvalue weighted by molar-refractivity contribution is 7.12. The van der Waals surface area contributed by atoms with Crippen LogP contribution in [0.2, 0.25) is 0 Å². The third-order valence-corrected chi connectivity index (χ3v) is 5.10. The maximum atomic E-state index is 3.49. The molecule has 1 heterocycles. The van der Waals surface area contributed by atoms with E-state index in [2.05, 4.69) is 52.1 Å². The van der Waals surface area contributed by atoms with E-state index in [9.17, 15) is 0 Å². The molecule has 0 aliphatic rings. The molecular formula is C17H31NS. The highest BCUT2D eigenvalue weighted by Gasteiger charge is 2.16. The van der Waals surface area contributed by atoms with Gasteiger partial charge in [-0.2, -0.15) is 0 Å². The van der Waals surface area contributed by atoms with E-state index in [4.69, 9.17) is 0 Å². The monoisotopic (exact) mass is 281 g/mol. The quantitative estimate of drug-likeness (QED) is 0.661. The predicted molar refractivity (Wildman–Crippen MR) is 88.3 cm³/mol. The van der Waals surface area contributed by atoms with Crippen LogP contribution in [0.1, 0.15) is 63.6 Å². The number of hydrogen-bond donors (Lipinski definition) is 1. The Morgan fingerprint density at radius 2 is 1.89 bits per heavy atom. The van der Waals surface area contributed by atoms with Crippen molar-refractivity contribution in [1.82, 2.24) is 5.32 Å². The first-order valence-electron chi connectivity index (χ1n) is 7.73. The van der Waals surface area contributed by atoms with Crippen LogP contribution in [0.25, 0.3) is 0 Å². The summed E-state index contributed by atoms with van der Waals surface area (Å²) < 4.78 is 0. The number of nitrogens with one attached hydrogen (secondary N) is 1. The SMILES string of the molecule is CCCNCCC(C)CCc1ccc(C(C)(C)C)s1. The molecule has 1 aromatic heterocycles. The van der Waals surface area contributed by atoms with Crippen LogP contribution < -0.4 is 5.32 Å². The molecule has 0 bridgehead atoms. The van der Waals surface area contributed by atoms with Crippen molar-refractivity contribution in [3.63, 3.8) is 0 Å². The molecule has 0 saturated carbocycles. The van der Waals surface area contributed by atoms with Crippen LogP contribution in [0.15, 0.2) is 12.1 Å². The van der Waals surface area contributed by atoms with Crippen molar-refractivity contribution in [3.05, 3.63) is 21.9 Å². The van der Waals surface area contributed by atoms with Crippen LogP contribution in [0, 0.1) is 5.92 Å². The van der Waals surface area contributed by atoms with E-state index in [1.807, 2.05) is 11.3 Å². The van der Waals surface area contributed by atoms with Crippen molar-refractivity contribution in [3.8, 4) is 0 Å². The Morgan fingerprint density at radius 1 is 1.16 bits per heavy atom. The van der Waals surface area contributed by atoms with E-state index in [0.29, 0.717) is 5.41 Å². The van der Waals surface area contributed by atoms with Gasteiger partial charge >= 0.3 is 0 Å². The molecule has 0 saturated heterocycles. The Bertz CT molecular complexity index is 348. The smallest absolute Gasteiger partial charge is 0.0102 e. The van der Waals surface area contributed by atoms with Crippen LogP contribution in [0.4, 0.5) is 0 Å². The number of hydrogen-bond acceptors (Lipinski definition) is 2. The zero-order valence-corrected chi connectivity index (χ0v) is 14.2. The van der Waals surface area contributed by atoms with Crippen LogP contribution in [0.3, 0.4) is 0 Å². The van der Waals surface area contributed by atoms with E-state index in [0.717, 1.165) is 12.5 Å². The molecule has 0 aliphatic heterocycles. The molecule has 1 unspecified atom stereocenters. The van der Waals surface area contributed by atoms with Gasteiger partial charge in [0.25, 0.3) is 0 Å². The van der Waals surface area contributed by atoms with Gasteiger partial charge < -0.3 is 5.32 Å². The van der Waals surface area contributed by atoms with Crippen molar-refractivity contribution >= 4 is 11.3 Å². The second-order valence-electron chi connectivity index (χ2n) is 6.70. The zero-order chi connectivity index (χ0) is 14.3. The van der Waals surface area contributed by atoms with Gasteiger partial charge in [0.1, 0.15) is 0 Å². The summed E-state index contributed by atoms with van der Waals surface area (Å²) in [5, 5.41) is 3.49. The highest BCUT2D eigenvalue weighted by Crippen LogP contribution is 2.30. The first-order chi connectivity index (χ1) is 8.93. The van der Waals surface area contributed by atoms with Crippen molar-refractivity contribution < 1.29 is 0 Å². The van der Waals surface area contributed by atoms with Crippen LogP contribution >= 0.6 is 11.3 Å². The Hall–Kier alpha value is -0.340. The first-order valence-corrected chi connectivity index (χ1v) is 8.55. The topological polar surface area (TPSA) is 12.0 Å². The molecule has 0 aliphatic carbocycles. The maximum Gasteiger partial charge on any atom is 0.0102 e. The molecule has 1 atom stereocenters. The highest BCUT2D eigenvalue weighted by atomic mass is 32.1. The van der Waals surface area contributed by atoms with Gasteiger partial charge in [-0.3, -0.25) is 0 Å². The molecule has 0 spiro atoms. The van der Waals surface area contributed by atoms with Crippen LogP contribution in [-0.2, 0) is 11.8 Å². The van der Waals surface area contributed by atoms with Gasteiger partial charge in [0.2, 0.25) is 0 Å².